The standard InChI is InChI=1S/C25H34F3N3O3Si/c1-24(2,3)18-13-16(7-10-22(32)34-11-12-35(4,5)6)14-21(23(18)33)31-29-19-9-8-17(25(26,27)28)15-20(19)30-31/h8-9,13-15,22,32-33H,7,10-12H2,1-6H3. The van der Waals surface area contributed by atoms with Crippen molar-refractivity contribution in [3.8, 4) is 11.4 Å². The molecule has 0 fully saturated rings. The highest BCUT2D eigenvalue weighted by Gasteiger charge is 2.31. The van der Waals surface area contributed by atoms with Crippen LogP contribution in [0.2, 0.25) is 25.7 Å². The van der Waals surface area contributed by atoms with E-state index in [-0.39, 0.29) is 22.5 Å². The number of hydrogen-bond acceptors (Lipinski definition) is 5. The van der Waals surface area contributed by atoms with Crippen LogP contribution in [-0.4, -0.2) is 46.2 Å². The summed E-state index contributed by atoms with van der Waals surface area (Å²) < 4.78 is 44.9. The second-order valence-electron chi connectivity index (χ2n) is 11.1. The largest absolute Gasteiger partial charge is 0.505 e. The van der Waals surface area contributed by atoms with Gasteiger partial charge >= 0.3 is 6.18 Å². The minimum Gasteiger partial charge on any atom is -0.505 e. The lowest BCUT2D eigenvalue weighted by Crippen LogP contribution is -2.24. The van der Waals surface area contributed by atoms with Crippen molar-refractivity contribution in [2.24, 2.45) is 0 Å². The van der Waals surface area contributed by atoms with Crippen molar-refractivity contribution in [3.63, 3.8) is 0 Å². The monoisotopic (exact) mass is 509 g/mol. The van der Waals surface area contributed by atoms with E-state index < -0.39 is 31.5 Å². The van der Waals surface area contributed by atoms with Crippen molar-refractivity contribution in [3.05, 3.63) is 47.0 Å². The molecule has 3 aromatic rings. The maximum absolute atomic E-state index is 13.1. The summed E-state index contributed by atoms with van der Waals surface area (Å²) in [6.45, 7) is 13.1. The molecular weight excluding hydrogens is 475 g/mol. The summed E-state index contributed by atoms with van der Waals surface area (Å²) in [5, 5.41) is 29.8. The van der Waals surface area contributed by atoms with Crippen molar-refractivity contribution in [2.45, 2.75) is 77.2 Å². The molecule has 2 aromatic carbocycles. The Hall–Kier alpha value is -2.43. The highest BCUT2D eigenvalue weighted by molar-refractivity contribution is 6.76. The Balaban J connectivity index is 1.91. The average Bonchev–Trinajstić information content (AvgIpc) is 3.13. The Morgan fingerprint density at radius 1 is 1.03 bits per heavy atom. The predicted octanol–water partition coefficient (Wildman–Crippen LogP) is 6.05. The van der Waals surface area contributed by atoms with Gasteiger partial charge in [-0.05, 0) is 47.7 Å². The van der Waals surface area contributed by atoms with Gasteiger partial charge in [-0.3, -0.25) is 0 Å². The van der Waals surface area contributed by atoms with E-state index in [1.807, 2.05) is 26.8 Å². The van der Waals surface area contributed by atoms with Crippen LogP contribution in [0.15, 0.2) is 30.3 Å². The predicted molar refractivity (Wildman–Crippen MR) is 133 cm³/mol. The van der Waals surface area contributed by atoms with Gasteiger partial charge in [-0.2, -0.15) is 13.2 Å². The normalized spacial score (nSPS) is 14.0. The molecule has 192 valence electrons. The van der Waals surface area contributed by atoms with Crippen LogP contribution in [0.4, 0.5) is 13.2 Å². The summed E-state index contributed by atoms with van der Waals surface area (Å²) in [5.41, 5.74) is 0.876. The summed E-state index contributed by atoms with van der Waals surface area (Å²) in [5.74, 6) is -0.0375. The number of halogens is 3. The molecule has 3 rings (SSSR count). The first-order valence-electron chi connectivity index (χ1n) is 11.7. The third kappa shape index (κ3) is 7.05. The Labute approximate surface area is 204 Å². The Morgan fingerprint density at radius 2 is 1.69 bits per heavy atom. The fraction of sp³-hybridized carbons (Fsp3) is 0.520. The third-order valence-corrected chi connectivity index (χ3v) is 7.43. The lowest BCUT2D eigenvalue weighted by atomic mass is 9.84. The van der Waals surface area contributed by atoms with Crippen LogP contribution in [-0.2, 0) is 22.7 Å². The Bertz CT molecular complexity index is 1180. The highest BCUT2D eigenvalue weighted by atomic mass is 28.3. The molecule has 1 atom stereocenters. The summed E-state index contributed by atoms with van der Waals surface area (Å²) in [6.07, 6.45) is -4.56. The fourth-order valence-electron chi connectivity index (χ4n) is 3.62. The van der Waals surface area contributed by atoms with Crippen molar-refractivity contribution < 1.29 is 28.1 Å². The Morgan fingerprint density at radius 3 is 2.29 bits per heavy atom. The number of aliphatic hydroxyl groups is 1. The number of aryl methyl sites for hydroxylation is 1. The number of benzene rings is 2. The van der Waals surface area contributed by atoms with Gasteiger partial charge < -0.3 is 14.9 Å². The number of phenols is 1. The van der Waals surface area contributed by atoms with Crippen LogP contribution in [0.25, 0.3) is 16.7 Å². The SMILES string of the molecule is CC(C)(C)c1cc(CCC(O)OCC[Si](C)(C)C)cc(-n2nc3ccc(C(F)(F)F)cc3n2)c1O. The third-order valence-electron chi connectivity index (χ3n) is 5.72. The van der Waals surface area contributed by atoms with E-state index >= 15 is 0 Å². The molecule has 0 saturated heterocycles. The molecule has 0 radical (unpaired) electrons. The summed E-state index contributed by atoms with van der Waals surface area (Å²) in [7, 11) is -1.26. The second kappa shape index (κ2) is 9.91. The van der Waals surface area contributed by atoms with Crippen molar-refractivity contribution >= 4 is 19.1 Å². The van der Waals surface area contributed by atoms with E-state index in [4.69, 9.17) is 4.74 Å². The van der Waals surface area contributed by atoms with Crippen molar-refractivity contribution in [2.75, 3.05) is 6.61 Å². The van der Waals surface area contributed by atoms with Crippen LogP contribution in [0, 0.1) is 0 Å². The van der Waals surface area contributed by atoms with Gasteiger partial charge in [-0.25, -0.2) is 0 Å². The van der Waals surface area contributed by atoms with E-state index in [1.165, 1.54) is 10.9 Å². The first-order valence-corrected chi connectivity index (χ1v) is 15.4. The summed E-state index contributed by atoms with van der Waals surface area (Å²) >= 11 is 0. The minimum absolute atomic E-state index is 0.0375. The van der Waals surface area contributed by atoms with Crippen LogP contribution < -0.4 is 0 Å². The average molecular weight is 510 g/mol. The zero-order chi connectivity index (χ0) is 26.2. The maximum Gasteiger partial charge on any atom is 0.416 e. The van der Waals surface area contributed by atoms with Crippen LogP contribution in [0.5, 0.6) is 5.75 Å². The van der Waals surface area contributed by atoms with E-state index in [0.29, 0.717) is 25.0 Å². The highest BCUT2D eigenvalue weighted by Crippen LogP contribution is 2.37. The number of aromatic nitrogens is 3. The molecule has 35 heavy (non-hydrogen) atoms. The molecule has 0 aliphatic heterocycles. The van der Waals surface area contributed by atoms with Crippen LogP contribution >= 0.6 is 0 Å². The molecule has 1 unspecified atom stereocenters. The van der Waals surface area contributed by atoms with Gasteiger partial charge in [0, 0.05) is 26.7 Å². The quantitative estimate of drug-likeness (QED) is 0.286. The number of aromatic hydroxyl groups is 1. The maximum atomic E-state index is 13.1. The van der Waals surface area contributed by atoms with E-state index in [2.05, 4.69) is 29.8 Å². The molecular formula is C25H34F3N3O3Si. The minimum atomic E-state index is -4.49. The number of phenolic OH excluding ortho intramolecular Hbond substituents is 1. The van der Waals surface area contributed by atoms with Crippen LogP contribution in [0.1, 0.15) is 43.9 Å². The van der Waals surface area contributed by atoms with Gasteiger partial charge in [0.15, 0.2) is 6.29 Å². The van der Waals surface area contributed by atoms with Gasteiger partial charge in [0.1, 0.15) is 22.5 Å². The number of nitrogens with zero attached hydrogens (tertiary/aromatic N) is 3. The van der Waals surface area contributed by atoms with Gasteiger partial charge in [-0.15, -0.1) is 15.0 Å². The Kier molecular flexibility index (Phi) is 7.69. The lowest BCUT2D eigenvalue weighted by molar-refractivity contribution is -0.137. The molecule has 0 saturated carbocycles. The van der Waals surface area contributed by atoms with Crippen molar-refractivity contribution in [1.82, 2.24) is 15.0 Å². The molecule has 0 bridgehead atoms. The summed E-state index contributed by atoms with van der Waals surface area (Å²) in [6, 6.07) is 7.69. The topological polar surface area (TPSA) is 80.4 Å². The van der Waals surface area contributed by atoms with Gasteiger partial charge in [-0.1, -0.05) is 46.5 Å². The van der Waals surface area contributed by atoms with Gasteiger partial charge in [0.2, 0.25) is 0 Å². The molecule has 0 spiro atoms. The van der Waals surface area contributed by atoms with E-state index in [9.17, 15) is 23.4 Å². The molecule has 6 nitrogen and oxygen atoms in total. The number of rotatable bonds is 8. The number of hydrogen-bond donors (Lipinski definition) is 2. The number of ether oxygens (including phenoxy) is 1. The zero-order valence-electron chi connectivity index (χ0n) is 21.1. The first-order chi connectivity index (χ1) is 16.0. The molecule has 2 N–H and O–H groups in total. The van der Waals surface area contributed by atoms with E-state index in [0.717, 1.165) is 23.7 Å². The molecule has 0 aliphatic rings. The first kappa shape index (κ1) is 27.2. The summed E-state index contributed by atoms with van der Waals surface area (Å²) in [4.78, 5) is 1.17. The molecule has 1 heterocycles. The molecule has 0 amide bonds. The molecule has 1 aromatic heterocycles. The number of aliphatic hydroxyl groups excluding tert-OH is 1. The smallest absolute Gasteiger partial charge is 0.416 e. The van der Waals surface area contributed by atoms with Gasteiger partial charge in [0.05, 0.1) is 5.56 Å². The second-order valence-corrected chi connectivity index (χ2v) is 16.7. The number of fused-ring (bicyclic) bond motifs is 1. The molecule has 10 heteroatoms. The fourth-order valence-corrected chi connectivity index (χ4v) is 4.35. The molecule has 0 aliphatic carbocycles. The van der Waals surface area contributed by atoms with E-state index in [1.54, 1.807) is 6.07 Å². The van der Waals surface area contributed by atoms with Crippen LogP contribution in [0.3, 0.4) is 0 Å². The van der Waals surface area contributed by atoms with Crippen molar-refractivity contribution in [1.29, 1.82) is 0 Å². The lowest BCUT2D eigenvalue weighted by Gasteiger charge is -2.23. The zero-order valence-corrected chi connectivity index (χ0v) is 22.1. The van der Waals surface area contributed by atoms with Gasteiger partial charge in [0.25, 0.3) is 0 Å². The number of alkyl halides is 3.